The fourth-order valence-corrected chi connectivity index (χ4v) is 5.33. The highest BCUT2D eigenvalue weighted by Gasteiger charge is 2.17. The first-order valence-corrected chi connectivity index (χ1v) is 12.1. The normalized spacial score (nSPS) is 12.3. The van der Waals surface area contributed by atoms with E-state index < -0.39 is 33.3 Å². The maximum Gasteiger partial charge on any atom is 0.338 e. The van der Waals surface area contributed by atoms with E-state index in [1.165, 1.54) is 23.5 Å². The van der Waals surface area contributed by atoms with Crippen LogP contribution in [0.15, 0.2) is 52.4 Å². The first kappa shape index (κ1) is 22.8. The molecule has 0 spiro atoms. The van der Waals surface area contributed by atoms with Gasteiger partial charge in [-0.1, -0.05) is 11.3 Å². The van der Waals surface area contributed by atoms with Crippen LogP contribution in [0.2, 0.25) is 0 Å². The second kappa shape index (κ2) is 9.52. The number of rotatable bonds is 7. The Bertz CT molecular complexity index is 1290. The van der Waals surface area contributed by atoms with Crippen molar-refractivity contribution < 1.29 is 27.1 Å². The van der Waals surface area contributed by atoms with Gasteiger partial charge < -0.3 is 9.30 Å². The lowest BCUT2D eigenvalue weighted by molar-refractivity contribution is -0.117. The predicted octanol–water partition coefficient (Wildman–Crippen LogP) is 3.33. The lowest BCUT2D eigenvalue weighted by Gasteiger charge is -2.03. The molecule has 3 rings (SSSR count). The summed E-state index contributed by atoms with van der Waals surface area (Å²) in [5.74, 6) is -1.97. The molecule has 0 aliphatic rings. The van der Waals surface area contributed by atoms with Gasteiger partial charge in [-0.15, -0.1) is 0 Å². The minimum absolute atomic E-state index is 0.0429. The molecule has 0 radical (unpaired) electrons. The highest BCUT2D eigenvalue weighted by molar-refractivity contribution is 7.91. The quantitative estimate of drug-likeness (QED) is 0.395. The van der Waals surface area contributed by atoms with Gasteiger partial charge in [-0.2, -0.15) is 4.99 Å². The molecule has 0 bridgehead atoms. The Kier molecular flexibility index (Phi) is 7.01. The van der Waals surface area contributed by atoms with Gasteiger partial charge in [0.15, 0.2) is 14.6 Å². The number of hydrogen-bond acceptors (Lipinski definition) is 6. The monoisotopic (exact) mass is 464 g/mol. The van der Waals surface area contributed by atoms with Crippen LogP contribution in [-0.2, 0) is 25.9 Å². The van der Waals surface area contributed by atoms with Crippen molar-refractivity contribution in [3.8, 4) is 0 Å². The van der Waals surface area contributed by atoms with E-state index in [1.54, 1.807) is 25.1 Å². The van der Waals surface area contributed by atoms with E-state index in [2.05, 4.69) is 4.99 Å². The molecule has 0 unspecified atom stereocenters. The van der Waals surface area contributed by atoms with E-state index in [1.807, 2.05) is 11.5 Å². The van der Waals surface area contributed by atoms with Gasteiger partial charge in [-0.25, -0.2) is 17.6 Å². The molecule has 7 nitrogen and oxygen atoms in total. The van der Waals surface area contributed by atoms with Gasteiger partial charge in [0.25, 0.3) is 0 Å². The van der Waals surface area contributed by atoms with Crippen molar-refractivity contribution in [2.75, 3.05) is 12.4 Å². The standard InChI is InChI=1S/C21H21FN2O5S2/c1-3-24-17-10-5-14(20(26)29-4-2)13-18(17)30-21(24)23-19(25)11-12-31(27,28)16-8-6-15(22)7-9-16/h5-10,13H,3-4,11-12H2,1-2H3. The summed E-state index contributed by atoms with van der Waals surface area (Å²) in [7, 11) is -3.73. The number of aromatic nitrogens is 1. The molecule has 0 aliphatic heterocycles. The Labute approximate surface area is 182 Å². The number of thiazole rings is 1. The Morgan fingerprint density at radius 2 is 1.84 bits per heavy atom. The third-order valence-corrected chi connectivity index (χ3v) is 7.26. The molecule has 0 fully saturated rings. The van der Waals surface area contributed by atoms with Crippen LogP contribution in [0.5, 0.6) is 0 Å². The van der Waals surface area contributed by atoms with E-state index in [-0.39, 0.29) is 17.9 Å². The number of esters is 1. The van der Waals surface area contributed by atoms with Crippen LogP contribution >= 0.6 is 11.3 Å². The number of benzene rings is 2. The largest absolute Gasteiger partial charge is 0.462 e. The SMILES string of the molecule is CCOC(=O)c1ccc2c(c1)sc(=NC(=O)CCS(=O)(=O)c1ccc(F)cc1)n2CC. The highest BCUT2D eigenvalue weighted by atomic mass is 32.2. The van der Waals surface area contributed by atoms with E-state index in [0.717, 1.165) is 22.3 Å². The van der Waals surface area contributed by atoms with Gasteiger partial charge in [0.2, 0.25) is 5.91 Å². The number of carbonyl (C=O) groups excluding carboxylic acids is 2. The second-order valence-corrected chi connectivity index (χ2v) is 9.68. The molecule has 1 amide bonds. The number of aryl methyl sites for hydroxylation is 1. The molecule has 10 heteroatoms. The van der Waals surface area contributed by atoms with E-state index in [0.29, 0.717) is 16.9 Å². The van der Waals surface area contributed by atoms with Crippen LogP contribution < -0.4 is 4.80 Å². The first-order valence-electron chi connectivity index (χ1n) is 9.61. The first-order chi connectivity index (χ1) is 14.7. The van der Waals surface area contributed by atoms with Crippen LogP contribution in [0.25, 0.3) is 10.2 Å². The molecular weight excluding hydrogens is 443 g/mol. The van der Waals surface area contributed by atoms with Gasteiger partial charge in [0.1, 0.15) is 5.82 Å². The van der Waals surface area contributed by atoms with Gasteiger partial charge in [-0.05, 0) is 56.3 Å². The molecule has 1 aromatic heterocycles. The number of hydrogen-bond donors (Lipinski definition) is 0. The number of ether oxygens (including phenoxy) is 1. The summed E-state index contributed by atoms with van der Waals surface area (Å²) in [5, 5.41) is 0. The number of carbonyl (C=O) groups is 2. The maximum atomic E-state index is 13.0. The van der Waals surface area contributed by atoms with Crippen LogP contribution in [0.4, 0.5) is 4.39 Å². The summed E-state index contributed by atoms with van der Waals surface area (Å²) >= 11 is 1.23. The Balaban J connectivity index is 1.84. The summed E-state index contributed by atoms with van der Waals surface area (Å²) in [5.41, 5.74) is 1.22. The lowest BCUT2D eigenvalue weighted by atomic mass is 10.2. The van der Waals surface area contributed by atoms with Crippen molar-refractivity contribution in [2.45, 2.75) is 31.7 Å². The fourth-order valence-electron chi connectivity index (χ4n) is 2.95. The number of fused-ring (bicyclic) bond motifs is 1. The summed E-state index contributed by atoms with van der Waals surface area (Å²) in [6.07, 6.45) is -0.300. The van der Waals surface area contributed by atoms with Crippen molar-refractivity contribution in [3.05, 3.63) is 58.6 Å². The van der Waals surface area contributed by atoms with E-state index in [9.17, 15) is 22.4 Å². The Morgan fingerprint density at radius 3 is 2.48 bits per heavy atom. The summed E-state index contributed by atoms with van der Waals surface area (Å²) in [6.45, 7) is 4.43. The van der Waals surface area contributed by atoms with Crippen LogP contribution in [0.1, 0.15) is 30.6 Å². The maximum absolute atomic E-state index is 13.0. The molecule has 0 saturated carbocycles. The smallest absolute Gasteiger partial charge is 0.338 e. The molecule has 31 heavy (non-hydrogen) atoms. The molecule has 2 aromatic carbocycles. The molecule has 1 heterocycles. The second-order valence-electron chi connectivity index (χ2n) is 6.56. The van der Waals surface area contributed by atoms with Crippen LogP contribution in [0.3, 0.4) is 0 Å². The minimum Gasteiger partial charge on any atom is -0.462 e. The van der Waals surface area contributed by atoms with Gasteiger partial charge in [0.05, 0.1) is 33.0 Å². The average Bonchev–Trinajstić information content (AvgIpc) is 3.08. The zero-order chi connectivity index (χ0) is 22.6. The molecule has 3 aromatic rings. The van der Waals surface area contributed by atoms with E-state index >= 15 is 0 Å². The van der Waals surface area contributed by atoms with Crippen LogP contribution in [-0.4, -0.2) is 37.2 Å². The summed E-state index contributed by atoms with van der Waals surface area (Å²) < 4.78 is 45.3. The Morgan fingerprint density at radius 1 is 1.13 bits per heavy atom. The third kappa shape index (κ3) is 5.26. The molecule has 0 aliphatic carbocycles. The van der Waals surface area contributed by atoms with Gasteiger partial charge >= 0.3 is 5.97 Å². The molecule has 0 N–H and O–H groups in total. The van der Waals surface area contributed by atoms with Crippen molar-refractivity contribution in [3.63, 3.8) is 0 Å². The Hall–Kier alpha value is -2.85. The highest BCUT2D eigenvalue weighted by Crippen LogP contribution is 2.20. The van der Waals surface area contributed by atoms with Crippen LogP contribution in [0, 0.1) is 5.82 Å². The number of amides is 1. The predicted molar refractivity (Wildman–Crippen MR) is 115 cm³/mol. The van der Waals surface area contributed by atoms with Gasteiger partial charge in [0, 0.05) is 13.0 Å². The summed E-state index contributed by atoms with van der Waals surface area (Å²) in [4.78, 5) is 28.8. The zero-order valence-corrected chi connectivity index (χ0v) is 18.6. The number of halogens is 1. The van der Waals surface area contributed by atoms with Crippen molar-refractivity contribution in [2.24, 2.45) is 4.99 Å². The number of sulfone groups is 1. The molecule has 164 valence electrons. The molecular formula is C21H21FN2O5S2. The topological polar surface area (TPSA) is 94.8 Å². The minimum atomic E-state index is -3.73. The molecule has 0 saturated heterocycles. The number of nitrogens with zero attached hydrogens (tertiary/aromatic N) is 2. The lowest BCUT2D eigenvalue weighted by Crippen LogP contribution is -2.17. The van der Waals surface area contributed by atoms with Crippen molar-refractivity contribution in [1.82, 2.24) is 4.57 Å². The summed E-state index contributed by atoms with van der Waals surface area (Å²) in [6, 6.07) is 9.57. The fraction of sp³-hybridized carbons (Fsp3) is 0.286. The average molecular weight is 465 g/mol. The van der Waals surface area contributed by atoms with Gasteiger partial charge in [-0.3, -0.25) is 4.79 Å². The third-order valence-electron chi connectivity index (χ3n) is 4.49. The zero-order valence-electron chi connectivity index (χ0n) is 17.0. The van der Waals surface area contributed by atoms with Crippen molar-refractivity contribution >= 4 is 43.3 Å². The van der Waals surface area contributed by atoms with E-state index in [4.69, 9.17) is 4.74 Å². The molecule has 0 atom stereocenters. The van der Waals surface area contributed by atoms with Crippen molar-refractivity contribution in [1.29, 1.82) is 0 Å².